The minimum Gasteiger partial charge on any atom is -0.254 e. The molecule has 0 N–H and O–H groups in total. The van der Waals surface area contributed by atoms with Gasteiger partial charge in [0.2, 0.25) is 0 Å². The first-order valence-corrected chi connectivity index (χ1v) is 16.9. The van der Waals surface area contributed by atoms with E-state index in [2.05, 4.69) is 119 Å². The fourth-order valence-corrected chi connectivity index (χ4v) is 7.60. The van der Waals surface area contributed by atoms with Crippen molar-refractivity contribution in [1.82, 2.24) is 19.9 Å². The van der Waals surface area contributed by atoms with Crippen LogP contribution in [0.15, 0.2) is 143 Å². The Labute approximate surface area is 273 Å². The minimum absolute atomic E-state index is 0.873. The summed E-state index contributed by atoms with van der Waals surface area (Å²) in [5, 5.41) is 11.2. The Hall–Kier alpha value is -5.56. The molecule has 0 spiro atoms. The van der Waals surface area contributed by atoms with Crippen molar-refractivity contribution in [3.8, 4) is 56.2 Å². The van der Waals surface area contributed by atoms with E-state index in [-0.39, 0.29) is 0 Å². The number of rotatable bonds is 5. The van der Waals surface area contributed by atoms with E-state index in [0.717, 1.165) is 33.9 Å². The molecule has 0 aliphatic rings. The van der Waals surface area contributed by atoms with E-state index >= 15 is 0 Å². The second-order valence-electron chi connectivity index (χ2n) is 11.2. The molecule has 0 aliphatic heterocycles. The largest absolute Gasteiger partial charge is 0.254 e. The lowest BCUT2D eigenvalue weighted by molar-refractivity contribution is 1.28. The molecule has 5 aromatic carbocycles. The summed E-state index contributed by atoms with van der Waals surface area (Å²) in [7, 11) is 0. The number of thiazole rings is 2. The van der Waals surface area contributed by atoms with Gasteiger partial charge in [-0.1, -0.05) is 91.0 Å². The summed E-state index contributed by atoms with van der Waals surface area (Å²) < 4.78 is 0. The van der Waals surface area contributed by atoms with Crippen molar-refractivity contribution < 1.29 is 0 Å². The third-order valence-electron chi connectivity index (χ3n) is 8.62. The zero-order valence-electron chi connectivity index (χ0n) is 24.5. The third kappa shape index (κ3) is 4.50. The predicted molar refractivity (Wildman–Crippen MR) is 193 cm³/mol. The van der Waals surface area contributed by atoms with Crippen LogP contribution in [-0.2, 0) is 0 Å². The summed E-state index contributed by atoms with van der Waals surface area (Å²) >= 11 is 3.16. The summed E-state index contributed by atoms with van der Waals surface area (Å²) in [6.07, 6.45) is 3.97. The molecule has 4 heterocycles. The molecule has 0 unspecified atom stereocenters. The number of pyridine rings is 2. The van der Waals surface area contributed by atoms with Gasteiger partial charge in [0.1, 0.15) is 0 Å². The van der Waals surface area contributed by atoms with Gasteiger partial charge in [-0.3, -0.25) is 9.97 Å². The number of hydrogen-bond donors (Lipinski definition) is 0. The Morgan fingerprint density at radius 1 is 0.391 bits per heavy atom. The van der Waals surface area contributed by atoms with Crippen LogP contribution in [0.25, 0.3) is 88.5 Å². The maximum Gasteiger partial charge on any atom is 0.0995 e. The van der Waals surface area contributed by atoms with E-state index in [1.165, 1.54) is 54.6 Å². The van der Waals surface area contributed by atoms with Gasteiger partial charge in [0.05, 0.1) is 33.8 Å². The molecule has 0 aliphatic carbocycles. The lowest BCUT2D eigenvalue weighted by Gasteiger charge is -2.19. The van der Waals surface area contributed by atoms with Crippen molar-refractivity contribution in [2.24, 2.45) is 0 Å². The Bertz CT molecular complexity index is 2500. The fraction of sp³-hybridized carbons (Fsp3) is 0. The van der Waals surface area contributed by atoms with E-state index in [4.69, 9.17) is 9.97 Å². The van der Waals surface area contributed by atoms with Crippen LogP contribution < -0.4 is 0 Å². The van der Waals surface area contributed by atoms with Crippen molar-refractivity contribution in [3.05, 3.63) is 143 Å². The molecule has 4 nitrogen and oxygen atoms in total. The van der Waals surface area contributed by atoms with Gasteiger partial charge in [0.25, 0.3) is 0 Å². The highest BCUT2D eigenvalue weighted by molar-refractivity contribution is 7.08. The summed E-state index contributed by atoms with van der Waals surface area (Å²) in [5.41, 5.74) is 14.1. The fourth-order valence-electron chi connectivity index (χ4n) is 6.51. The second kappa shape index (κ2) is 11.1. The number of nitrogens with zero attached hydrogens (tertiary/aromatic N) is 4. The van der Waals surface area contributed by atoms with Gasteiger partial charge < -0.3 is 0 Å². The van der Waals surface area contributed by atoms with Gasteiger partial charge in [-0.2, -0.15) is 0 Å². The first-order valence-electron chi connectivity index (χ1n) is 15.0. The van der Waals surface area contributed by atoms with Crippen LogP contribution in [0.3, 0.4) is 0 Å². The van der Waals surface area contributed by atoms with Crippen LogP contribution in [0.5, 0.6) is 0 Å². The molecule has 0 radical (unpaired) electrons. The van der Waals surface area contributed by atoms with E-state index in [9.17, 15) is 0 Å². The average molecular weight is 625 g/mol. The van der Waals surface area contributed by atoms with Crippen molar-refractivity contribution in [3.63, 3.8) is 0 Å². The smallest absolute Gasteiger partial charge is 0.0995 e. The molecule has 216 valence electrons. The second-order valence-corrected chi connectivity index (χ2v) is 12.6. The van der Waals surface area contributed by atoms with E-state index in [1.807, 2.05) is 34.2 Å². The first kappa shape index (κ1) is 26.8. The van der Waals surface area contributed by atoms with Crippen LogP contribution in [0, 0.1) is 0 Å². The standard InChI is InChI=1S/C40H24N4S2/c1-2-8-29-25(6-1)7-5-11-30(29)26-12-15-33-34(18-26)40(28-14-17-36(42-20-28)38-22-46-24-44-38)32-10-4-3-9-31(32)39(33)27-13-16-35(41-19-27)37-21-45-23-43-37/h1-24H. The molecule has 0 amide bonds. The monoisotopic (exact) mass is 624 g/mol. The van der Waals surface area contributed by atoms with Crippen LogP contribution >= 0.6 is 22.7 Å². The van der Waals surface area contributed by atoms with Gasteiger partial charge in [-0.25, -0.2) is 9.97 Å². The third-order valence-corrected chi connectivity index (χ3v) is 9.79. The topological polar surface area (TPSA) is 51.6 Å². The van der Waals surface area contributed by atoms with E-state index < -0.39 is 0 Å². The highest BCUT2D eigenvalue weighted by Crippen LogP contribution is 2.45. The Morgan fingerprint density at radius 2 is 0.935 bits per heavy atom. The highest BCUT2D eigenvalue weighted by Gasteiger charge is 2.19. The quantitative estimate of drug-likeness (QED) is 0.179. The van der Waals surface area contributed by atoms with Gasteiger partial charge in [0.15, 0.2) is 0 Å². The van der Waals surface area contributed by atoms with Gasteiger partial charge in [-0.05, 0) is 72.8 Å². The summed E-state index contributed by atoms with van der Waals surface area (Å²) in [5.74, 6) is 0. The number of aromatic nitrogens is 4. The average Bonchev–Trinajstić information content (AvgIpc) is 3.87. The lowest BCUT2D eigenvalue weighted by Crippen LogP contribution is -1.94. The Balaban J connectivity index is 1.33. The van der Waals surface area contributed by atoms with Gasteiger partial charge >= 0.3 is 0 Å². The molecule has 0 saturated carbocycles. The minimum atomic E-state index is 0.873. The molecule has 9 aromatic rings. The molecular weight excluding hydrogens is 601 g/mol. The predicted octanol–water partition coefficient (Wildman–Crippen LogP) is 11.2. The molecule has 6 heteroatoms. The first-order chi connectivity index (χ1) is 22.8. The van der Waals surface area contributed by atoms with Crippen LogP contribution in [0.2, 0.25) is 0 Å². The maximum absolute atomic E-state index is 4.88. The maximum atomic E-state index is 4.88. The Kier molecular flexibility index (Phi) is 6.47. The number of hydrogen-bond acceptors (Lipinski definition) is 6. The van der Waals surface area contributed by atoms with Crippen LogP contribution in [0.4, 0.5) is 0 Å². The molecule has 0 atom stereocenters. The molecule has 46 heavy (non-hydrogen) atoms. The Morgan fingerprint density at radius 3 is 1.52 bits per heavy atom. The summed E-state index contributed by atoms with van der Waals surface area (Å²) in [4.78, 5) is 18.7. The van der Waals surface area contributed by atoms with Crippen molar-refractivity contribution >= 4 is 55.0 Å². The lowest BCUT2D eigenvalue weighted by atomic mass is 9.85. The molecule has 0 bridgehead atoms. The van der Waals surface area contributed by atoms with Crippen LogP contribution in [-0.4, -0.2) is 19.9 Å². The molecular formula is C40H24N4S2. The molecule has 0 fully saturated rings. The van der Waals surface area contributed by atoms with Crippen molar-refractivity contribution in [2.75, 3.05) is 0 Å². The molecule has 0 saturated heterocycles. The zero-order chi connectivity index (χ0) is 30.5. The number of benzene rings is 5. The zero-order valence-corrected chi connectivity index (χ0v) is 26.1. The van der Waals surface area contributed by atoms with Crippen molar-refractivity contribution in [2.45, 2.75) is 0 Å². The van der Waals surface area contributed by atoms with Crippen molar-refractivity contribution in [1.29, 1.82) is 0 Å². The molecule has 9 rings (SSSR count). The van der Waals surface area contributed by atoms with Crippen LogP contribution in [0.1, 0.15) is 0 Å². The van der Waals surface area contributed by atoms with E-state index in [0.29, 0.717) is 0 Å². The van der Waals surface area contributed by atoms with Gasteiger partial charge in [-0.15, -0.1) is 22.7 Å². The summed E-state index contributed by atoms with van der Waals surface area (Å²) in [6, 6.07) is 39.2. The normalized spacial score (nSPS) is 11.5. The highest BCUT2D eigenvalue weighted by atomic mass is 32.1. The van der Waals surface area contributed by atoms with E-state index in [1.54, 1.807) is 22.7 Å². The number of fused-ring (bicyclic) bond motifs is 3. The SMILES string of the molecule is c1ccc2c(-c3ccc4c(-c5ccc(-c6cscn6)nc5)c5ccccc5c(-c5ccc(-c6cscn6)nc5)c4c3)cccc2c1. The molecule has 4 aromatic heterocycles. The van der Waals surface area contributed by atoms with Gasteiger partial charge in [0, 0.05) is 34.3 Å². The summed E-state index contributed by atoms with van der Waals surface area (Å²) in [6.45, 7) is 0.